The number of rotatable bonds is 3. The minimum absolute atomic E-state index is 0.546. The molecule has 1 aliphatic rings. The summed E-state index contributed by atoms with van der Waals surface area (Å²) in [5.74, 6) is 0. The van der Waals surface area contributed by atoms with E-state index in [4.69, 9.17) is 0 Å². The highest BCUT2D eigenvalue weighted by Crippen LogP contribution is 2.26. The molecule has 0 saturated heterocycles. The van der Waals surface area contributed by atoms with Crippen molar-refractivity contribution in [3.63, 3.8) is 0 Å². The summed E-state index contributed by atoms with van der Waals surface area (Å²) in [6.07, 6.45) is 2.35. The van der Waals surface area contributed by atoms with Crippen LogP contribution in [0.5, 0.6) is 0 Å². The van der Waals surface area contributed by atoms with E-state index in [0.29, 0.717) is 6.04 Å². The maximum atomic E-state index is 3.63. The summed E-state index contributed by atoms with van der Waals surface area (Å²) >= 11 is 0. The van der Waals surface area contributed by atoms with Crippen LogP contribution in [-0.4, -0.2) is 19.1 Å². The third-order valence-corrected chi connectivity index (χ3v) is 4.41. The van der Waals surface area contributed by atoms with E-state index in [9.17, 15) is 0 Å². The lowest BCUT2D eigenvalue weighted by molar-refractivity contribution is 0.587. The fraction of sp³-hybridized carbons (Fsp3) is 0.368. The molecule has 1 heterocycles. The summed E-state index contributed by atoms with van der Waals surface area (Å²) < 4.78 is 0. The second kappa shape index (κ2) is 6.21. The standard InChI is InChI=1S/C19H24N2/c1-3-21(17-9-6-7-15(2)13-17)18-12-11-16-8-4-5-10-19(16)20-14-18/h4-10,13,18,20H,3,11-12,14H2,1-2H3. The van der Waals surface area contributed by atoms with E-state index >= 15 is 0 Å². The maximum Gasteiger partial charge on any atom is 0.0465 e. The topological polar surface area (TPSA) is 15.3 Å². The first-order valence-electron chi connectivity index (χ1n) is 7.93. The molecule has 3 rings (SSSR count). The van der Waals surface area contributed by atoms with Crippen molar-refractivity contribution in [3.8, 4) is 0 Å². The Morgan fingerprint density at radius 2 is 2.00 bits per heavy atom. The molecule has 2 heteroatoms. The van der Waals surface area contributed by atoms with Crippen molar-refractivity contribution >= 4 is 11.4 Å². The highest BCUT2D eigenvalue weighted by atomic mass is 15.2. The summed E-state index contributed by atoms with van der Waals surface area (Å²) in [6, 6.07) is 18.1. The number of anilines is 2. The molecule has 2 aromatic carbocycles. The van der Waals surface area contributed by atoms with E-state index in [0.717, 1.165) is 19.5 Å². The molecule has 21 heavy (non-hydrogen) atoms. The van der Waals surface area contributed by atoms with E-state index < -0.39 is 0 Å². The number of para-hydroxylation sites is 1. The Balaban J connectivity index is 1.80. The van der Waals surface area contributed by atoms with Crippen molar-refractivity contribution in [3.05, 3.63) is 59.7 Å². The summed E-state index contributed by atoms with van der Waals surface area (Å²) in [5.41, 5.74) is 5.42. The second-order valence-corrected chi connectivity index (χ2v) is 5.86. The smallest absolute Gasteiger partial charge is 0.0465 e. The SMILES string of the molecule is CCN(c1cccc(C)c1)C1CCc2ccccc2NC1. The zero-order chi connectivity index (χ0) is 14.7. The molecule has 0 aliphatic carbocycles. The van der Waals surface area contributed by atoms with E-state index in [1.807, 2.05) is 0 Å². The van der Waals surface area contributed by atoms with Gasteiger partial charge in [-0.2, -0.15) is 0 Å². The zero-order valence-electron chi connectivity index (χ0n) is 13.0. The third kappa shape index (κ3) is 3.05. The van der Waals surface area contributed by atoms with Crippen LogP contribution < -0.4 is 10.2 Å². The Hall–Kier alpha value is -1.96. The summed E-state index contributed by atoms with van der Waals surface area (Å²) in [4.78, 5) is 2.53. The first-order chi connectivity index (χ1) is 10.3. The molecule has 0 saturated carbocycles. The van der Waals surface area contributed by atoms with Gasteiger partial charge < -0.3 is 10.2 Å². The zero-order valence-corrected chi connectivity index (χ0v) is 13.0. The molecule has 0 spiro atoms. The molecule has 0 amide bonds. The number of nitrogens with zero attached hydrogens (tertiary/aromatic N) is 1. The van der Waals surface area contributed by atoms with Gasteiger partial charge in [-0.3, -0.25) is 0 Å². The molecule has 0 bridgehead atoms. The predicted octanol–water partition coefficient (Wildman–Crippen LogP) is 4.25. The van der Waals surface area contributed by atoms with Gasteiger partial charge in [0.15, 0.2) is 0 Å². The molecule has 1 N–H and O–H groups in total. The lowest BCUT2D eigenvalue weighted by Crippen LogP contribution is -2.39. The number of hydrogen-bond donors (Lipinski definition) is 1. The van der Waals surface area contributed by atoms with Gasteiger partial charge >= 0.3 is 0 Å². The van der Waals surface area contributed by atoms with Crippen LogP contribution in [0.2, 0.25) is 0 Å². The quantitative estimate of drug-likeness (QED) is 0.904. The van der Waals surface area contributed by atoms with Gasteiger partial charge in [0.25, 0.3) is 0 Å². The maximum absolute atomic E-state index is 3.63. The number of nitrogens with one attached hydrogen (secondary N) is 1. The van der Waals surface area contributed by atoms with Crippen LogP contribution >= 0.6 is 0 Å². The van der Waals surface area contributed by atoms with Crippen molar-refractivity contribution in [2.75, 3.05) is 23.3 Å². The normalized spacial score (nSPS) is 17.5. The Bertz CT molecular complexity index is 579. The number of aryl methyl sites for hydroxylation is 2. The first kappa shape index (κ1) is 14.0. The van der Waals surface area contributed by atoms with Gasteiger partial charge in [0, 0.05) is 30.5 Å². The van der Waals surface area contributed by atoms with Crippen LogP contribution in [0.1, 0.15) is 24.5 Å². The largest absolute Gasteiger partial charge is 0.383 e. The summed E-state index contributed by atoms with van der Waals surface area (Å²) in [6.45, 7) is 6.48. The van der Waals surface area contributed by atoms with Crippen molar-refractivity contribution in [1.29, 1.82) is 0 Å². The lowest BCUT2D eigenvalue weighted by Gasteiger charge is -2.32. The summed E-state index contributed by atoms with van der Waals surface area (Å²) in [5, 5.41) is 3.63. The molecule has 1 aliphatic heterocycles. The fourth-order valence-corrected chi connectivity index (χ4v) is 3.29. The predicted molar refractivity (Wildman–Crippen MR) is 91.2 cm³/mol. The molecule has 2 aromatic rings. The fourth-order valence-electron chi connectivity index (χ4n) is 3.29. The number of likely N-dealkylation sites (N-methyl/N-ethyl adjacent to an activating group) is 1. The minimum atomic E-state index is 0.546. The van der Waals surface area contributed by atoms with Crippen LogP contribution in [0, 0.1) is 6.92 Å². The molecule has 0 radical (unpaired) electrons. The molecule has 0 fully saturated rings. The van der Waals surface area contributed by atoms with Crippen LogP contribution in [0.4, 0.5) is 11.4 Å². The van der Waals surface area contributed by atoms with Gasteiger partial charge in [-0.25, -0.2) is 0 Å². The lowest BCUT2D eigenvalue weighted by atomic mass is 10.0. The number of hydrogen-bond acceptors (Lipinski definition) is 2. The number of fused-ring (bicyclic) bond motifs is 1. The Morgan fingerprint density at radius 1 is 1.14 bits per heavy atom. The first-order valence-corrected chi connectivity index (χ1v) is 7.93. The van der Waals surface area contributed by atoms with Gasteiger partial charge in [0.1, 0.15) is 0 Å². The highest BCUT2D eigenvalue weighted by Gasteiger charge is 2.21. The Labute approximate surface area is 127 Å². The Kier molecular flexibility index (Phi) is 4.14. The molecule has 1 unspecified atom stereocenters. The van der Waals surface area contributed by atoms with Crippen molar-refractivity contribution in [1.82, 2.24) is 0 Å². The minimum Gasteiger partial charge on any atom is -0.383 e. The van der Waals surface area contributed by atoms with E-state index in [1.165, 1.54) is 28.9 Å². The van der Waals surface area contributed by atoms with Gasteiger partial charge in [0.2, 0.25) is 0 Å². The van der Waals surface area contributed by atoms with Crippen molar-refractivity contribution < 1.29 is 0 Å². The molecular formula is C19H24N2. The van der Waals surface area contributed by atoms with Crippen LogP contribution in [-0.2, 0) is 6.42 Å². The summed E-state index contributed by atoms with van der Waals surface area (Å²) in [7, 11) is 0. The molecule has 0 aromatic heterocycles. The van der Waals surface area contributed by atoms with Crippen LogP contribution in [0.25, 0.3) is 0 Å². The van der Waals surface area contributed by atoms with Gasteiger partial charge in [0.05, 0.1) is 0 Å². The number of benzene rings is 2. The second-order valence-electron chi connectivity index (χ2n) is 5.86. The average molecular weight is 280 g/mol. The molecular weight excluding hydrogens is 256 g/mol. The van der Waals surface area contributed by atoms with Crippen LogP contribution in [0.15, 0.2) is 48.5 Å². The third-order valence-electron chi connectivity index (χ3n) is 4.41. The van der Waals surface area contributed by atoms with Crippen molar-refractivity contribution in [2.45, 2.75) is 32.7 Å². The molecule has 1 atom stereocenters. The van der Waals surface area contributed by atoms with E-state index in [-0.39, 0.29) is 0 Å². The van der Waals surface area contributed by atoms with Gasteiger partial charge in [-0.15, -0.1) is 0 Å². The van der Waals surface area contributed by atoms with Crippen LogP contribution in [0.3, 0.4) is 0 Å². The molecule has 110 valence electrons. The van der Waals surface area contributed by atoms with Gasteiger partial charge in [-0.05, 0) is 56.0 Å². The Morgan fingerprint density at radius 3 is 2.81 bits per heavy atom. The average Bonchev–Trinajstić information content (AvgIpc) is 2.71. The molecule has 2 nitrogen and oxygen atoms in total. The monoisotopic (exact) mass is 280 g/mol. The highest BCUT2D eigenvalue weighted by molar-refractivity contribution is 5.54. The van der Waals surface area contributed by atoms with E-state index in [2.05, 4.69) is 72.6 Å². The van der Waals surface area contributed by atoms with Gasteiger partial charge in [-0.1, -0.05) is 30.3 Å². The van der Waals surface area contributed by atoms with E-state index in [1.54, 1.807) is 0 Å². The van der Waals surface area contributed by atoms with Crippen molar-refractivity contribution in [2.24, 2.45) is 0 Å².